The van der Waals surface area contributed by atoms with Crippen molar-refractivity contribution in [3.8, 4) is 16.9 Å². The average molecular weight is 286 g/mol. The van der Waals surface area contributed by atoms with E-state index in [2.05, 4.69) is 0 Å². The van der Waals surface area contributed by atoms with Gasteiger partial charge in [0.25, 0.3) is 0 Å². The lowest BCUT2D eigenvalue weighted by molar-refractivity contribution is 0.415. The van der Waals surface area contributed by atoms with Crippen LogP contribution in [0, 0.1) is 5.82 Å². The first kappa shape index (κ1) is 13.0. The van der Waals surface area contributed by atoms with Gasteiger partial charge in [-0.2, -0.15) is 0 Å². The van der Waals surface area contributed by atoms with E-state index in [1.54, 1.807) is 24.3 Å². The number of rotatable bonds is 2. The van der Waals surface area contributed by atoms with Crippen LogP contribution < -0.4 is 10.5 Å². The molecule has 2 rings (SSSR count). The lowest BCUT2D eigenvalue weighted by atomic mass is 10.0. The zero-order chi connectivity index (χ0) is 13.3. The van der Waals surface area contributed by atoms with Crippen LogP contribution in [0.5, 0.6) is 5.75 Å². The number of halogens is 3. The number of hydrogen-bond acceptors (Lipinski definition) is 2. The number of nitrogens with two attached hydrogens (primary N) is 1. The van der Waals surface area contributed by atoms with E-state index in [-0.39, 0.29) is 10.7 Å². The summed E-state index contributed by atoms with van der Waals surface area (Å²) in [4.78, 5) is 0. The Kier molecular flexibility index (Phi) is 3.64. The van der Waals surface area contributed by atoms with E-state index < -0.39 is 5.82 Å². The summed E-state index contributed by atoms with van der Waals surface area (Å²) >= 11 is 11.8. The van der Waals surface area contributed by atoms with E-state index in [0.717, 1.165) is 5.56 Å². The van der Waals surface area contributed by atoms with Crippen LogP contribution in [-0.4, -0.2) is 7.11 Å². The van der Waals surface area contributed by atoms with Crippen LogP contribution in [0.25, 0.3) is 11.1 Å². The molecular weight excluding hydrogens is 276 g/mol. The van der Waals surface area contributed by atoms with Crippen LogP contribution in [0.2, 0.25) is 10.0 Å². The standard InChI is InChI=1S/C13H10Cl2FNO/c1-18-12-6-7(2-3-9(12)14)8-4-10(15)13(17)11(16)5-8/h2-6H,17H2,1H3. The van der Waals surface area contributed by atoms with Crippen molar-refractivity contribution in [2.45, 2.75) is 0 Å². The summed E-state index contributed by atoms with van der Waals surface area (Å²) in [5, 5.41) is 0.669. The van der Waals surface area contributed by atoms with Gasteiger partial charge in [0.2, 0.25) is 0 Å². The molecular formula is C13H10Cl2FNO. The molecule has 0 radical (unpaired) electrons. The van der Waals surface area contributed by atoms with Crippen molar-refractivity contribution in [3.05, 3.63) is 46.2 Å². The molecule has 0 spiro atoms. The second-order valence-electron chi connectivity index (χ2n) is 3.70. The van der Waals surface area contributed by atoms with Crippen molar-refractivity contribution in [2.24, 2.45) is 0 Å². The number of benzene rings is 2. The first-order valence-corrected chi connectivity index (χ1v) is 5.87. The fraction of sp³-hybridized carbons (Fsp3) is 0.0769. The Morgan fingerprint density at radius 2 is 1.78 bits per heavy atom. The summed E-state index contributed by atoms with van der Waals surface area (Å²) in [5.74, 6) is -0.0334. The zero-order valence-electron chi connectivity index (χ0n) is 9.51. The van der Waals surface area contributed by atoms with Gasteiger partial charge in [-0.15, -0.1) is 0 Å². The third kappa shape index (κ3) is 2.37. The molecule has 0 aliphatic heterocycles. The van der Waals surface area contributed by atoms with Crippen molar-refractivity contribution < 1.29 is 9.13 Å². The molecule has 0 atom stereocenters. The van der Waals surface area contributed by atoms with Crippen molar-refractivity contribution in [2.75, 3.05) is 12.8 Å². The molecule has 0 aliphatic carbocycles. The topological polar surface area (TPSA) is 35.2 Å². The van der Waals surface area contributed by atoms with Crippen LogP contribution in [0.15, 0.2) is 30.3 Å². The largest absolute Gasteiger partial charge is 0.495 e. The highest BCUT2D eigenvalue weighted by molar-refractivity contribution is 6.33. The molecule has 0 amide bonds. The van der Waals surface area contributed by atoms with Gasteiger partial charge >= 0.3 is 0 Å². The maximum Gasteiger partial charge on any atom is 0.148 e. The SMILES string of the molecule is COc1cc(-c2cc(F)c(N)c(Cl)c2)ccc1Cl. The molecule has 0 saturated carbocycles. The van der Waals surface area contributed by atoms with Crippen molar-refractivity contribution in [1.82, 2.24) is 0 Å². The Labute approximate surface area is 114 Å². The molecule has 0 aromatic heterocycles. The molecule has 2 N–H and O–H groups in total. The summed E-state index contributed by atoms with van der Waals surface area (Å²) in [6, 6.07) is 8.07. The molecule has 2 nitrogen and oxygen atoms in total. The van der Waals surface area contributed by atoms with E-state index in [1.807, 2.05) is 0 Å². The quantitative estimate of drug-likeness (QED) is 0.831. The Morgan fingerprint density at radius 1 is 1.06 bits per heavy atom. The normalized spacial score (nSPS) is 10.4. The van der Waals surface area contributed by atoms with E-state index in [0.29, 0.717) is 16.3 Å². The fourth-order valence-electron chi connectivity index (χ4n) is 1.59. The molecule has 5 heteroatoms. The van der Waals surface area contributed by atoms with Crippen LogP contribution in [-0.2, 0) is 0 Å². The van der Waals surface area contributed by atoms with Gasteiger partial charge in [-0.1, -0.05) is 29.3 Å². The minimum Gasteiger partial charge on any atom is -0.495 e. The van der Waals surface area contributed by atoms with E-state index in [9.17, 15) is 4.39 Å². The van der Waals surface area contributed by atoms with Crippen molar-refractivity contribution in [1.29, 1.82) is 0 Å². The monoisotopic (exact) mass is 285 g/mol. The summed E-state index contributed by atoms with van der Waals surface area (Å²) < 4.78 is 18.6. The molecule has 2 aromatic carbocycles. The lowest BCUT2D eigenvalue weighted by Crippen LogP contribution is -1.93. The number of methoxy groups -OCH3 is 1. The lowest BCUT2D eigenvalue weighted by Gasteiger charge is -2.08. The first-order chi connectivity index (χ1) is 8.52. The van der Waals surface area contributed by atoms with Gasteiger partial charge in [-0.3, -0.25) is 0 Å². The number of nitrogen functional groups attached to an aromatic ring is 1. The van der Waals surface area contributed by atoms with Gasteiger partial charge in [0.1, 0.15) is 11.6 Å². The highest BCUT2D eigenvalue weighted by Gasteiger charge is 2.09. The zero-order valence-corrected chi connectivity index (χ0v) is 11.0. The molecule has 94 valence electrons. The van der Waals surface area contributed by atoms with E-state index >= 15 is 0 Å². The fourth-order valence-corrected chi connectivity index (χ4v) is 1.99. The van der Waals surface area contributed by atoms with E-state index in [4.69, 9.17) is 33.7 Å². The summed E-state index contributed by atoms with van der Waals surface area (Å²) in [5.41, 5.74) is 6.76. The summed E-state index contributed by atoms with van der Waals surface area (Å²) in [7, 11) is 1.52. The maximum atomic E-state index is 13.5. The number of hydrogen-bond donors (Lipinski definition) is 1. The van der Waals surface area contributed by atoms with Gasteiger partial charge in [0.15, 0.2) is 0 Å². The Bertz CT molecular complexity index is 579. The molecule has 0 aliphatic rings. The predicted molar refractivity (Wildman–Crippen MR) is 72.8 cm³/mol. The highest BCUT2D eigenvalue weighted by Crippen LogP contribution is 2.33. The second kappa shape index (κ2) is 5.04. The van der Waals surface area contributed by atoms with E-state index in [1.165, 1.54) is 13.2 Å². The first-order valence-electron chi connectivity index (χ1n) is 5.11. The van der Waals surface area contributed by atoms with Gasteiger partial charge in [0, 0.05) is 0 Å². The van der Waals surface area contributed by atoms with Crippen molar-refractivity contribution in [3.63, 3.8) is 0 Å². The van der Waals surface area contributed by atoms with Crippen LogP contribution in [0.3, 0.4) is 0 Å². The van der Waals surface area contributed by atoms with Gasteiger partial charge in [-0.05, 0) is 35.4 Å². The molecule has 18 heavy (non-hydrogen) atoms. The van der Waals surface area contributed by atoms with Gasteiger partial charge in [-0.25, -0.2) is 4.39 Å². The molecule has 0 fully saturated rings. The third-order valence-electron chi connectivity index (χ3n) is 2.56. The third-order valence-corrected chi connectivity index (χ3v) is 3.19. The van der Waals surface area contributed by atoms with Gasteiger partial charge < -0.3 is 10.5 Å². The molecule has 0 heterocycles. The molecule has 0 bridgehead atoms. The van der Waals surface area contributed by atoms with Crippen LogP contribution >= 0.6 is 23.2 Å². The number of anilines is 1. The highest BCUT2D eigenvalue weighted by atomic mass is 35.5. The minimum absolute atomic E-state index is 0.0543. The molecule has 0 saturated heterocycles. The average Bonchev–Trinajstić information content (AvgIpc) is 2.36. The summed E-state index contributed by atoms with van der Waals surface area (Å²) in [6.07, 6.45) is 0. The van der Waals surface area contributed by atoms with Crippen molar-refractivity contribution >= 4 is 28.9 Å². The Hall–Kier alpha value is -1.45. The summed E-state index contributed by atoms with van der Waals surface area (Å²) in [6.45, 7) is 0. The van der Waals surface area contributed by atoms with Crippen LogP contribution in [0.1, 0.15) is 0 Å². The number of ether oxygens (including phenoxy) is 1. The Morgan fingerprint density at radius 3 is 2.39 bits per heavy atom. The van der Waals surface area contributed by atoms with Crippen LogP contribution in [0.4, 0.5) is 10.1 Å². The van der Waals surface area contributed by atoms with Gasteiger partial charge in [0.05, 0.1) is 22.8 Å². The second-order valence-corrected chi connectivity index (χ2v) is 4.52. The smallest absolute Gasteiger partial charge is 0.148 e. The maximum absolute atomic E-state index is 13.5. The molecule has 0 unspecified atom stereocenters. The Balaban J connectivity index is 2.55. The minimum atomic E-state index is -0.550. The molecule has 2 aromatic rings. The predicted octanol–water partition coefficient (Wildman–Crippen LogP) is 4.39.